The number of aromatic hydroxyl groups is 1. The van der Waals surface area contributed by atoms with E-state index in [0.717, 1.165) is 30.9 Å². The zero-order valence-electron chi connectivity index (χ0n) is 16.4. The number of ether oxygens (including phenoxy) is 1. The van der Waals surface area contributed by atoms with Gasteiger partial charge in [0.25, 0.3) is 5.69 Å². The number of benzene rings is 2. The fraction of sp³-hybridized carbons (Fsp3) is 0.182. The van der Waals surface area contributed by atoms with Crippen molar-refractivity contribution in [2.75, 3.05) is 0 Å². The zero-order valence-corrected chi connectivity index (χ0v) is 16.4. The maximum Gasteiger partial charge on any atom is 0.307 e. The molecule has 9 heteroatoms. The van der Waals surface area contributed by atoms with Crippen molar-refractivity contribution in [3.63, 3.8) is 0 Å². The highest BCUT2D eigenvalue weighted by molar-refractivity contribution is 5.92. The lowest BCUT2D eigenvalue weighted by Crippen LogP contribution is -2.16. The molecule has 1 aliphatic rings. The van der Waals surface area contributed by atoms with Crippen molar-refractivity contribution >= 4 is 17.8 Å². The molecular formula is C22H19N3O6. The molecule has 0 radical (unpaired) electrons. The molecule has 1 heterocycles. The van der Waals surface area contributed by atoms with Gasteiger partial charge in [0.2, 0.25) is 0 Å². The quantitative estimate of drug-likeness (QED) is 0.340. The first-order chi connectivity index (χ1) is 15.0. The van der Waals surface area contributed by atoms with E-state index in [1.165, 1.54) is 35.7 Å². The molecule has 3 aromatic rings. The largest absolute Gasteiger partial charge is 0.507 e. The van der Waals surface area contributed by atoms with Gasteiger partial charge in [-0.25, -0.2) is 5.43 Å². The van der Waals surface area contributed by atoms with E-state index < -0.39 is 10.8 Å². The third kappa shape index (κ3) is 4.72. The van der Waals surface area contributed by atoms with Crippen LogP contribution < -0.4 is 10.2 Å². The number of fused-ring (bicyclic) bond motifs is 1. The number of nitro groups is 1. The molecule has 1 amide bonds. The molecule has 0 aliphatic heterocycles. The van der Waals surface area contributed by atoms with Crippen molar-refractivity contribution in [2.45, 2.75) is 25.9 Å². The Balaban J connectivity index is 1.33. The van der Waals surface area contributed by atoms with Crippen LogP contribution >= 0.6 is 0 Å². The maximum atomic E-state index is 12.2. The highest BCUT2D eigenvalue weighted by atomic mass is 16.6. The van der Waals surface area contributed by atoms with Gasteiger partial charge in [-0.05, 0) is 60.7 Å². The molecule has 0 atom stereocenters. The summed E-state index contributed by atoms with van der Waals surface area (Å²) in [6, 6.07) is 12.7. The molecule has 1 aliphatic carbocycles. The lowest BCUT2D eigenvalue weighted by molar-refractivity contribution is -0.384. The Morgan fingerprint density at radius 2 is 2.03 bits per heavy atom. The van der Waals surface area contributed by atoms with Gasteiger partial charge in [0.1, 0.15) is 23.9 Å². The molecule has 0 saturated heterocycles. The number of nitrogens with one attached hydrogen (secondary N) is 1. The first-order valence-electron chi connectivity index (χ1n) is 9.64. The molecule has 0 spiro atoms. The molecule has 1 aromatic heterocycles. The Kier molecular flexibility index (Phi) is 5.65. The molecule has 2 aromatic carbocycles. The van der Waals surface area contributed by atoms with Crippen LogP contribution in [-0.2, 0) is 19.4 Å². The summed E-state index contributed by atoms with van der Waals surface area (Å²) in [6.45, 7) is 0.177. The topological polar surface area (TPSA) is 127 Å². The minimum Gasteiger partial charge on any atom is -0.507 e. The molecule has 0 unspecified atom stereocenters. The van der Waals surface area contributed by atoms with Crippen molar-refractivity contribution in [2.24, 2.45) is 5.10 Å². The van der Waals surface area contributed by atoms with Crippen molar-refractivity contribution in [1.29, 1.82) is 0 Å². The van der Waals surface area contributed by atoms with Gasteiger partial charge in [0, 0.05) is 17.7 Å². The van der Waals surface area contributed by atoms with E-state index in [1.54, 1.807) is 6.07 Å². The van der Waals surface area contributed by atoms with Gasteiger partial charge < -0.3 is 14.3 Å². The number of phenolic OH excluding ortho intramolecular Hbond substituents is 1. The second kappa shape index (κ2) is 8.70. The van der Waals surface area contributed by atoms with Crippen LogP contribution in [0.1, 0.15) is 39.4 Å². The van der Waals surface area contributed by atoms with Gasteiger partial charge in [-0.1, -0.05) is 6.07 Å². The Morgan fingerprint density at radius 3 is 2.87 bits per heavy atom. The van der Waals surface area contributed by atoms with Crippen LogP contribution in [0.4, 0.5) is 5.69 Å². The standard InChI is InChI=1S/C22H19N3O6/c26-20-8-5-17(25(28)29)10-16(20)12-23-24-22(27)21-9-7-19(31-21)13-30-18-6-4-14-2-1-3-15(14)11-18/h4-12,26H,1-3,13H2,(H,24,27)/b23-12+. The van der Waals surface area contributed by atoms with Gasteiger partial charge in [0.15, 0.2) is 5.76 Å². The van der Waals surface area contributed by atoms with Gasteiger partial charge in [-0.2, -0.15) is 5.10 Å². The Morgan fingerprint density at radius 1 is 1.19 bits per heavy atom. The van der Waals surface area contributed by atoms with E-state index in [1.807, 2.05) is 12.1 Å². The van der Waals surface area contributed by atoms with Gasteiger partial charge >= 0.3 is 5.91 Å². The van der Waals surface area contributed by atoms with Crippen LogP contribution in [0.15, 0.2) is 58.0 Å². The number of furan rings is 1. The summed E-state index contributed by atoms with van der Waals surface area (Å²) >= 11 is 0. The maximum absolute atomic E-state index is 12.2. The second-order valence-corrected chi connectivity index (χ2v) is 7.04. The third-order valence-corrected chi connectivity index (χ3v) is 4.93. The van der Waals surface area contributed by atoms with Crippen molar-refractivity contribution < 1.29 is 24.0 Å². The van der Waals surface area contributed by atoms with Crippen LogP contribution in [0.2, 0.25) is 0 Å². The molecule has 9 nitrogen and oxygen atoms in total. The van der Waals surface area contributed by atoms with E-state index in [0.29, 0.717) is 5.76 Å². The summed E-state index contributed by atoms with van der Waals surface area (Å²) in [7, 11) is 0. The molecule has 0 saturated carbocycles. The smallest absolute Gasteiger partial charge is 0.307 e. The summed E-state index contributed by atoms with van der Waals surface area (Å²) in [6.07, 6.45) is 4.45. The summed E-state index contributed by atoms with van der Waals surface area (Å²) in [5.74, 6) is 0.459. The summed E-state index contributed by atoms with van der Waals surface area (Å²) < 4.78 is 11.2. The number of carbonyl (C=O) groups is 1. The van der Waals surface area contributed by atoms with E-state index >= 15 is 0 Å². The first-order valence-corrected chi connectivity index (χ1v) is 9.64. The minimum atomic E-state index is -0.607. The van der Waals surface area contributed by atoms with E-state index in [4.69, 9.17) is 9.15 Å². The van der Waals surface area contributed by atoms with E-state index in [2.05, 4.69) is 16.6 Å². The number of carbonyl (C=O) groups excluding carboxylic acids is 1. The van der Waals surface area contributed by atoms with Crippen LogP contribution in [0.5, 0.6) is 11.5 Å². The molecule has 31 heavy (non-hydrogen) atoms. The normalized spacial score (nSPS) is 12.6. The van der Waals surface area contributed by atoms with Crippen molar-refractivity contribution in [1.82, 2.24) is 5.43 Å². The number of hydrogen-bond acceptors (Lipinski definition) is 7. The average Bonchev–Trinajstić information content (AvgIpc) is 3.42. The lowest BCUT2D eigenvalue weighted by Gasteiger charge is -2.06. The number of hydrogen-bond donors (Lipinski definition) is 2. The molecular weight excluding hydrogens is 402 g/mol. The number of phenols is 1. The number of hydrazone groups is 1. The predicted molar refractivity (Wildman–Crippen MR) is 111 cm³/mol. The van der Waals surface area contributed by atoms with Crippen LogP contribution in [0, 0.1) is 10.1 Å². The SMILES string of the molecule is O=C(N/N=C/c1cc([N+](=O)[O-])ccc1O)c1ccc(COc2ccc3c(c2)CCC3)o1. The minimum absolute atomic E-state index is 0.0352. The number of aryl methyl sites for hydroxylation is 2. The first kappa shape index (κ1) is 20.1. The molecule has 0 bridgehead atoms. The summed E-state index contributed by atoms with van der Waals surface area (Å²) in [4.78, 5) is 22.4. The van der Waals surface area contributed by atoms with Crippen LogP contribution in [0.25, 0.3) is 0 Å². The van der Waals surface area contributed by atoms with Crippen LogP contribution in [0.3, 0.4) is 0 Å². The molecule has 2 N–H and O–H groups in total. The molecule has 0 fully saturated rings. The predicted octanol–water partition coefficient (Wildman–Crippen LogP) is 3.73. The zero-order chi connectivity index (χ0) is 21.8. The number of nitrogens with zero attached hydrogens (tertiary/aromatic N) is 2. The van der Waals surface area contributed by atoms with Gasteiger partial charge in [-0.15, -0.1) is 0 Å². The second-order valence-electron chi connectivity index (χ2n) is 7.04. The number of nitro benzene ring substituents is 1. The number of non-ortho nitro benzene ring substituents is 1. The van der Waals surface area contributed by atoms with E-state index in [-0.39, 0.29) is 29.4 Å². The number of rotatable bonds is 7. The van der Waals surface area contributed by atoms with Gasteiger partial charge in [-0.3, -0.25) is 14.9 Å². The van der Waals surface area contributed by atoms with Crippen molar-refractivity contribution in [3.05, 3.63) is 86.9 Å². The Hall–Kier alpha value is -4.14. The summed E-state index contributed by atoms with van der Waals surface area (Å²) in [5, 5.41) is 24.3. The molecule has 158 valence electrons. The van der Waals surface area contributed by atoms with E-state index in [9.17, 15) is 20.0 Å². The average molecular weight is 421 g/mol. The van der Waals surface area contributed by atoms with Crippen LogP contribution in [-0.4, -0.2) is 22.2 Å². The van der Waals surface area contributed by atoms with Crippen molar-refractivity contribution in [3.8, 4) is 11.5 Å². The lowest BCUT2D eigenvalue weighted by atomic mass is 10.1. The Bertz CT molecular complexity index is 1170. The highest BCUT2D eigenvalue weighted by Crippen LogP contribution is 2.26. The number of amides is 1. The fourth-order valence-electron chi connectivity index (χ4n) is 3.34. The van der Waals surface area contributed by atoms with Gasteiger partial charge in [0.05, 0.1) is 11.1 Å². The highest BCUT2D eigenvalue weighted by Gasteiger charge is 2.14. The fourth-order valence-corrected chi connectivity index (χ4v) is 3.34. The third-order valence-electron chi connectivity index (χ3n) is 4.93. The monoisotopic (exact) mass is 421 g/mol. The summed E-state index contributed by atoms with van der Waals surface area (Å²) in [5.41, 5.74) is 4.82. The molecule has 4 rings (SSSR count). The Labute approximate surface area is 177 Å².